The number of para-hydroxylation sites is 2. The van der Waals surface area contributed by atoms with Crippen LogP contribution in [0.5, 0.6) is 5.75 Å². The Morgan fingerprint density at radius 1 is 1.06 bits per heavy atom. The van der Waals surface area contributed by atoms with Gasteiger partial charge in [0, 0.05) is 35.0 Å². The molecule has 1 aliphatic rings. The van der Waals surface area contributed by atoms with Crippen molar-refractivity contribution in [2.45, 2.75) is 9.79 Å². The first-order valence-corrected chi connectivity index (χ1v) is 11.2. The normalized spacial score (nSPS) is 13.4. The molecule has 0 atom stereocenters. The molecule has 0 spiro atoms. The van der Waals surface area contributed by atoms with Crippen molar-refractivity contribution in [1.82, 2.24) is 0 Å². The molecule has 0 radical (unpaired) electrons. The third kappa shape index (κ3) is 5.27. The number of methoxy groups -OCH3 is 1. The highest BCUT2D eigenvalue weighted by molar-refractivity contribution is 7.99. The van der Waals surface area contributed by atoms with Gasteiger partial charge in [0.1, 0.15) is 5.75 Å². The number of hydrogen-bond acceptors (Lipinski definition) is 7. The van der Waals surface area contributed by atoms with Gasteiger partial charge in [0.25, 0.3) is 11.6 Å². The quantitative estimate of drug-likeness (QED) is 0.394. The van der Waals surface area contributed by atoms with Crippen LogP contribution in [0.3, 0.4) is 0 Å². The zero-order chi connectivity index (χ0) is 23.2. The van der Waals surface area contributed by atoms with Gasteiger partial charge in [0.2, 0.25) is 0 Å². The van der Waals surface area contributed by atoms with E-state index in [1.54, 1.807) is 31.4 Å². The van der Waals surface area contributed by atoms with E-state index in [-0.39, 0.29) is 11.6 Å². The zero-order valence-corrected chi connectivity index (χ0v) is 18.8. The molecule has 1 fully saturated rings. The van der Waals surface area contributed by atoms with E-state index >= 15 is 0 Å². The second-order valence-electron chi connectivity index (χ2n) is 7.26. The Bertz CT molecular complexity index is 1150. The molecule has 0 aliphatic carbocycles. The van der Waals surface area contributed by atoms with Crippen molar-refractivity contribution in [2.24, 2.45) is 0 Å². The molecule has 1 amide bonds. The molecule has 170 valence electrons. The average molecular weight is 466 g/mol. The van der Waals surface area contributed by atoms with E-state index in [2.05, 4.69) is 10.2 Å². The molecule has 1 aliphatic heterocycles. The molecule has 0 bridgehead atoms. The summed E-state index contributed by atoms with van der Waals surface area (Å²) in [6.07, 6.45) is 0. The summed E-state index contributed by atoms with van der Waals surface area (Å²) in [5.41, 5.74) is 1.95. The summed E-state index contributed by atoms with van der Waals surface area (Å²) in [6.45, 7) is 2.54. The lowest BCUT2D eigenvalue weighted by Gasteiger charge is -2.31. The molecular weight excluding hydrogens is 442 g/mol. The maximum absolute atomic E-state index is 13.6. The fourth-order valence-electron chi connectivity index (χ4n) is 3.60. The fourth-order valence-corrected chi connectivity index (χ4v) is 4.57. The number of nitro benzene ring substituents is 1. The molecule has 1 heterocycles. The molecule has 3 aromatic carbocycles. The van der Waals surface area contributed by atoms with Crippen molar-refractivity contribution < 1.29 is 19.2 Å². The Hall–Kier alpha value is -3.56. The van der Waals surface area contributed by atoms with E-state index in [0.29, 0.717) is 43.3 Å². The van der Waals surface area contributed by atoms with Crippen molar-refractivity contribution in [2.75, 3.05) is 43.6 Å². The number of ether oxygens (including phenoxy) is 2. The van der Waals surface area contributed by atoms with Crippen LogP contribution in [-0.4, -0.2) is 44.2 Å². The van der Waals surface area contributed by atoms with E-state index in [9.17, 15) is 14.9 Å². The van der Waals surface area contributed by atoms with Crippen molar-refractivity contribution in [3.8, 4) is 5.75 Å². The monoisotopic (exact) mass is 465 g/mol. The van der Waals surface area contributed by atoms with Gasteiger partial charge in [0.15, 0.2) is 0 Å². The second-order valence-corrected chi connectivity index (χ2v) is 8.37. The maximum Gasteiger partial charge on any atom is 0.269 e. The van der Waals surface area contributed by atoms with E-state index in [1.165, 1.54) is 23.9 Å². The molecule has 0 saturated carbocycles. The maximum atomic E-state index is 13.6. The standard InChI is InChI=1S/C24H23N3O5S/c1-31-21-7-3-2-5-19(21)25-24(28)23-20(26-13-15-32-16-14-26)6-4-8-22(23)33-18-11-9-17(10-12-18)27(29)30/h2-12H,13-16H2,1H3,(H,25,28). The van der Waals surface area contributed by atoms with Crippen LogP contribution < -0.4 is 15.0 Å². The lowest BCUT2D eigenvalue weighted by atomic mass is 10.1. The van der Waals surface area contributed by atoms with Crippen LogP contribution in [0.2, 0.25) is 0 Å². The first-order valence-electron chi connectivity index (χ1n) is 10.4. The summed E-state index contributed by atoms with van der Waals surface area (Å²) in [7, 11) is 1.56. The van der Waals surface area contributed by atoms with Crippen LogP contribution in [-0.2, 0) is 4.74 Å². The number of morpholine rings is 1. The van der Waals surface area contributed by atoms with Crippen molar-refractivity contribution in [1.29, 1.82) is 0 Å². The highest BCUT2D eigenvalue weighted by Gasteiger charge is 2.23. The van der Waals surface area contributed by atoms with Gasteiger partial charge in [-0.05, 0) is 36.4 Å². The SMILES string of the molecule is COc1ccccc1NC(=O)c1c(Sc2ccc([N+](=O)[O-])cc2)cccc1N1CCOCC1. The molecule has 0 aromatic heterocycles. The lowest BCUT2D eigenvalue weighted by Crippen LogP contribution is -2.37. The van der Waals surface area contributed by atoms with Crippen molar-refractivity contribution in [3.63, 3.8) is 0 Å². The van der Waals surface area contributed by atoms with Gasteiger partial charge < -0.3 is 19.7 Å². The number of nitrogens with one attached hydrogen (secondary N) is 1. The van der Waals surface area contributed by atoms with Gasteiger partial charge in [-0.1, -0.05) is 30.0 Å². The lowest BCUT2D eigenvalue weighted by molar-refractivity contribution is -0.384. The second kappa shape index (κ2) is 10.4. The molecule has 33 heavy (non-hydrogen) atoms. The molecule has 8 nitrogen and oxygen atoms in total. The summed E-state index contributed by atoms with van der Waals surface area (Å²) in [4.78, 5) is 27.8. The molecule has 4 rings (SSSR count). The van der Waals surface area contributed by atoms with Gasteiger partial charge >= 0.3 is 0 Å². The number of amides is 1. The third-order valence-corrected chi connectivity index (χ3v) is 6.28. The number of rotatable bonds is 7. The average Bonchev–Trinajstić information content (AvgIpc) is 2.85. The Kier molecular flexibility index (Phi) is 7.11. The Labute approximate surface area is 195 Å². The molecule has 0 unspecified atom stereocenters. The third-order valence-electron chi connectivity index (χ3n) is 5.21. The van der Waals surface area contributed by atoms with Gasteiger partial charge in [-0.2, -0.15) is 0 Å². The predicted octanol–water partition coefficient (Wildman–Crippen LogP) is 4.84. The van der Waals surface area contributed by atoms with Gasteiger partial charge in [-0.3, -0.25) is 14.9 Å². The van der Waals surface area contributed by atoms with E-state index < -0.39 is 4.92 Å². The minimum absolute atomic E-state index is 0.0237. The Balaban J connectivity index is 1.71. The molecule has 3 aromatic rings. The van der Waals surface area contributed by atoms with Gasteiger partial charge in [-0.25, -0.2) is 0 Å². The highest BCUT2D eigenvalue weighted by Crippen LogP contribution is 2.37. The number of benzene rings is 3. The summed E-state index contributed by atoms with van der Waals surface area (Å²) < 4.78 is 10.9. The summed E-state index contributed by atoms with van der Waals surface area (Å²) in [6, 6.07) is 19.3. The molecule has 1 N–H and O–H groups in total. The minimum Gasteiger partial charge on any atom is -0.495 e. The minimum atomic E-state index is -0.431. The molecule has 1 saturated heterocycles. The van der Waals surface area contributed by atoms with E-state index in [1.807, 2.05) is 30.3 Å². The molecule has 9 heteroatoms. The number of hydrogen-bond donors (Lipinski definition) is 1. The van der Waals surface area contributed by atoms with Crippen LogP contribution in [0, 0.1) is 10.1 Å². The van der Waals surface area contributed by atoms with Crippen molar-refractivity contribution in [3.05, 3.63) is 82.4 Å². The van der Waals surface area contributed by atoms with Gasteiger partial charge in [0.05, 0.1) is 42.2 Å². The van der Waals surface area contributed by atoms with Crippen LogP contribution in [0.25, 0.3) is 0 Å². The first-order chi connectivity index (χ1) is 16.1. The zero-order valence-electron chi connectivity index (χ0n) is 18.0. The number of non-ortho nitro benzene ring substituents is 1. The van der Waals surface area contributed by atoms with Crippen LogP contribution in [0.15, 0.2) is 76.5 Å². The largest absolute Gasteiger partial charge is 0.495 e. The fraction of sp³-hybridized carbons (Fsp3) is 0.208. The molecular formula is C24H23N3O5S. The predicted molar refractivity (Wildman–Crippen MR) is 128 cm³/mol. The number of carbonyl (C=O) groups is 1. The Morgan fingerprint density at radius 2 is 1.79 bits per heavy atom. The first kappa shape index (κ1) is 22.6. The van der Waals surface area contributed by atoms with E-state index in [4.69, 9.17) is 9.47 Å². The summed E-state index contributed by atoms with van der Waals surface area (Å²) >= 11 is 1.39. The van der Waals surface area contributed by atoms with Crippen molar-refractivity contribution >= 4 is 34.7 Å². The number of carbonyl (C=O) groups excluding carboxylic acids is 1. The summed E-state index contributed by atoms with van der Waals surface area (Å²) in [5.74, 6) is 0.310. The number of anilines is 2. The topological polar surface area (TPSA) is 93.9 Å². The summed E-state index contributed by atoms with van der Waals surface area (Å²) in [5, 5.41) is 14.0. The van der Waals surface area contributed by atoms with Crippen LogP contribution in [0.4, 0.5) is 17.1 Å². The smallest absolute Gasteiger partial charge is 0.269 e. The van der Waals surface area contributed by atoms with Crippen LogP contribution in [0.1, 0.15) is 10.4 Å². The van der Waals surface area contributed by atoms with Gasteiger partial charge in [-0.15, -0.1) is 0 Å². The van der Waals surface area contributed by atoms with E-state index in [0.717, 1.165) is 15.5 Å². The number of nitrogens with zero attached hydrogens (tertiary/aromatic N) is 2. The number of nitro groups is 1. The Morgan fingerprint density at radius 3 is 2.48 bits per heavy atom. The van der Waals surface area contributed by atoms with Crippen LogP contribution >= 0.6 is 11.8 Å². The highest BCUT2D eigenvalue weighted by atomic mass is 32.2.